The molecule has 0 unspecified atom stereocenters. The lowest BCUT2D eigenvalue weighted by Crippen LogP contribution is -2.13. The topological polar surface area (TPSA) is 51.5 Å². The summed E-state index contributed by atoms with van der Waals surface area (Å²) < 4.78 is 6.22. The summed E-state index contributed by atoms with van der Waals surface area (Å²) in [4.78, 5) is 11.7. The number of hydrogen-bond donors (Lipinski definition) is 1. The van der Waals surface area contributed by atoms with Crippen LogP contribution in [0.3, 0.4) is 0 Å². The van der Waals surface area contributed by atoms with Crippen molar-refractivity contribution >= 4 is 6.09 Å². The molecule has 0 aliphatic rings. The fraction of sp³-hybridized carbons (Fsp3) is 0.154. The van der Waals surface area contributed by atoms with Crippen molar-refractivity contribution in [3.05, 3.63) is 42.6 Å². The number of ether oxygens (including phenoxy) is 1. The van der Waals surface area contributed by atoms with Crippen molar-refractivity contribution < 1.29 is 14.6 Å². The number of rotatable bonds is 2. The van der Waals surface area contributed by atoms with Gasteiger partial charge in [-0.1, -0.05) is 30.3 Å². The molecule has 0 aliphatic carbocycles. The molecule has 0 saturated heterocycles. The Kier molecular flexibility index (Phi) is 3.14. The van der Waals surface area contributed by atoms with Gasteiger partial charge in [-0.3, -0.25) is 0 Å². The predicted molar refractivity (Wildman–Crippen MR) is 64.0 cm³/mol. The first kappa shape index (κ1) is 11.3. The second kappa shape index (κ2) is 4.74. The van der Waals surface area contributed by atoms with Gasteiger partial charge in [-0.25, -0.2) is 9.36 Å². The summed E-state index contributed by atoms with van der Waals surface area (Å²) in [5.74, 6) is 0.0388. The minimum absolute atomic E-state index is 0.0388. The zero-order valence-corrected chi connectivity index (χ0v) is 9.46. The fourth-order valence-corrected chi connectivity index (χ4v) is 1.62. The van der Waals surface area contributed by atoms with E-state index in [1.165, 1.54) is 16.8 Å². The zero-order valence-electron chi connectivity index (χ0n) is 9.46. The van der Waals surface area contributed by atoms with Crippen molar-refractivity contribution in [2.75, 3.05) is 6.61 Å². The molecule has 17 heavy (non-hydrogen) atoms. The summed E-state index contributed by atoms with van der Waals surface area (Å²) in [6.45, 7) is 2.04. The fourth-order valence-electron chi connectivity index (χ4n) is 1.62. The largest absolute Gasteiger partial charge is 0.506 e. The summed E-state index contributed by atoms with van der Waals surface area (Å²) in [7, 11) is 0. The van der Waals surface area contributed by atoms with Gasteiger partial charge in [0.25, 0.3) is 0 Å². The van der Waals surface area contributed by atoms with Crippen LogP contribution in [0.25, 0.3) is 11.3 Å². The molecule has 0 aliphatic heterocycles. The van der Waals surface area contributed by atoms with Gasteiger partial charge in [-0.05, 0) is 12.5 Å². The lowest BCUT2D eigenvalue weighted by molar-refractivity contribution is 0.154. The molecule has 0 atom stereocenters. The number of aromatic nitrogens is 1. The van der Waals surface area contributed by atoms with Crippen LogP contribution >= 0.6 is 0 Å². The summed E-state index contributed by atoms with van der Waals surface area (Å²) in [6, 6.07) is 10.9. The first-order chi connectivity index (χ1) is 8.22. The quantitative estimate of drug-likeness (QED) is 0.864. The van der Waals surface area contributed by atoms with E-state index in [0.717, 1.165) is 5.56 Å². The highest BCUT2D eigenvalue weighted by atomic mass is 16.5. The first-order valence-corrected chi connectivity index (χ1v) is 5.36. The Morgan fingerprint density at radius 3 is 2.71 bits per heavy atom. The Labute approximate surface area is 99.1 Å². The van der Waals surface area contributed by atoms with E-state index < -0.39 is 6.09 Å². The number of aromatic hydroxyl groups is 1. The molecule has 0 saturated carbocycles. The second-order valence-corrected chi connectivity index (χ2v) is 3.52. The smallest absolute Gasteiger partial charge is 0.418 e. The van der Waals surface area contributed by atoms with Gasteiger partial charge in [0.2, 0.25) is 0 Å². The highest BCUT2D eigenvalue weighted by molar-refractivity contribution is 5.79. The number of carbonyl (C=O) groups excluding carboxylic acids is 1. The Balaban J connectivity index is 2.44. The van der Waals surface area contributed by atoms with E-state index in [1.807, 2.05) is 30.3 Å². The van der Waals surface area contributed by atoms with Crippen LogP contribution in [0, 0.1) is 0 Å². The normalized spacial score (nSPS) is 10.2. The van der Waals surface area contributed by atoms with Crippen molar-refractivity contribution in [2.24, 2.45) is 0 Å². The molecule has 88 valence electrons. The van der Waals surface area contributed by atoms with Crippen molar-refractivity contribution in [1.82, 2.24) is 4.57 Å². The number of carbonyl (C=O) groups is 1. The Morgan fingerprint density at radius 1 is 1.35 bits per heavy atom. The van der Waals surface area contributed by atoms with Crippen LogP contribution in [0.1, 0.15) is 6.92 Å². The van der Waals surface area contributed by atoms with Gasteiger partial charge in [0.15, 0.2) is 0 Å². The van der Waals surface area contributed by atoms with Crippen LogP contribution in [0.4, 0.5) is 4.79 Å². The Morgan fingerprint density at radius 2 is 2.06 bits per heavy atom. The van der Waals surface area contributed by atoms with Gasteiger partial charge in [0.05, 0.1) is 18.5 Å². The Bertz CT molecular complexity index is 517. The molecule has 4 heteroatoms. The summed E-state index contributed by atoms with van der Waals surface area (Å²) >= 11 is 0. The number of benzene rings is 1. The van der Waals surface area contributed by atoms with Crippen molar-refractivity contribution in [2.45, 2.75) is 6.92 Å². The molecule has 2 aromatic rings. The Hall–Kier alpha value is -2.23. The van der Waals surface area contributed by atoms with Gasteiger partial charge in [-0.15, -0.1) is 0 Å². The molecular formula is C13H13NO3. The van der Waals surface area contributed by atoms with Crippen LogP contribution in [-0.4, -0.2) is 22.4 Å². The van der Waals surface area contributed by atoms with Gasteiger partial charge in [-0.2, -0.15) is 0 Å². The van der Waals surface area contributed by atoms with Gasteiger partial charge in [0.1, 0.15) is 5.75 Å². The zero-order chi connectivity index (χ0) is 12.3. The van der Waals surface area contributed by atoms with Crippen LogP contribution in [0.2, 0.25) is 0 Å². The average molecular weight is 231 g/mol. The maximum absolute atomic E-state index is 11.7. The van der Waals surface area contributed by atoms with Crippen molar-refractivity contribution in [3.8, 4) is 17.0 Å². The number of nitrogens with zero attached hydrogens (tertiary/aromatic N) is 1. The molecular weight excluding hydrogens is 218 g/mol. The van der Waals surface area contributed by atoms with E-state index in [-0.39, 0.29) is 5.75 Å². The minimum atomic E-state index is -0.494. The summed E-state index contributed by atoms with van der Waals surface area (Å²) in [5.41, 5.74) is 1.46. The predicted octanol–water partition coefficient (Wildman–Crippen LogP) is 2.87. The van der Waals surface area contributed by atoms with Crippen LogP contribution in [-0.2, 0) is 4.74 Å². The van der Waals surface area contributed by atoms with Crippen molar-refractivity contribution in [3.63, 3.8) is 0 Å². The third-order valence-corrected chi connectivity index (χ3v) is 2.34. The van der Waals surface area contributed by atoms with E-state index in [9.17, 15) is 9.90 Å². The molecule has 2 rings (SSSR count). The van der Waals surface area contributed by atoms with Gasteiger partial charge < -0.3 is 9.84 Å². The molecule has 1 aromatic carbocycles. The third-order valence-electron chi connectivity index (χ3n) is 2.34. The monoisotopic (exact) mass is 231 g/mol. The van der Waals surface area contributed by atoms with Crippen LogP contribution < -0.4 is 0 Å². The van der Waals surface area contributed by atoms with E-state index >= 15 is 0 Å². The molecule has 0 fully saturated rings. The third kappa shape index (κ3) is 2.30. The van der Waals surface area contributed by atoms with E-state index in [4.69, 9.17) is 4.74 Å². The van der Waals surface area contributed by atoms with Crippen molar-refractivity contribution in [1.29, 1.82) is 0 Å². The molecule has 4 nitrogen and oxygen atoms in total. The summed E-state index contributed by atoms with van der Waals surface area (Å²) in [6.07, 6.45) is 0.854. The molecule has 0 amide bonds. The lowest BCUT2D eigenvalue weighted by Gasteiger charge is -2.07. The highest BCUT2D eigenvalue weighted by Gasteiger charge is 2.14. The average Bonchev–Trinajstić information content (AvgIpc) is 2.73. The minimum Gasteiger partial charge on any atom is -0.506 e. The van der Waals surface area contributed by atoms with Gasteiger partial charge in [0, 0.05) is 6.07 Å². The first-order valence-electron chi connectivity index (χ1n) is 5.36. The SMILES string of the molecule is CCOC(=O)n1cc(O)cc1-c1ccccc1. The number of hydrogen-bond acceptors (Lipinski definition) is 3. The standard InChI is InChI=1S/C13H13NO3/c1-2-17-13(16)14-9-11(15)8-12(14)10-6-4-3-5-7-10/h3-9,15H,2H2,1H3. The van der Waals surface area contributed by atoms with Gasteiger partial charge >= 0.3 is 6.09 Å². The highest BCUT2D eigenvalue weighted by Crippen LogP contribution is 2.25. The van der Waals surface area contributed by atoms with E-state index in [0.29, 0.717) is 12.3 Å². The summed E-state index contributed by atoms with van der Waals surface area (Å²) in [5, 5.41) is 9.48. The maximum Gasteiger partial charge on any atom is 0.418 e. The maximum atomic E-state index is 11.7. The van der Waals surface area contributed by atoms with E-state index in [1.54, 1.807) is 6.92 Å². The molecule has 1 heterocycles. The molecule has 1 aromatic heterocycles. The molecule has 1 N–H and O–H groups in total. The molecule has 0 bridgehead atoms. The van der Waals surface area contributed by atoms with Crippen LogP contribution in [0.5, 0.6) is 5.75 Å². The van der Waals surface area contributed by atoms with E-state index in [2.05, 4.69) is 0 Å². The van der Waals surface area contributed by atoms with Crippen LogP contribution in [0.15, 0.2) is 42.6 Å². The molecule has 0 radical (unpaired) electrons. The second-order valence-electron chi connectivity index (χ2n) is 3.52. The molecule has 0 spiro atoms. The lowest BCUT2D eigenvalue weighted by atomic mass is 10.1.